The molecule has 1 N–H and O–H groups in total. The molecule has 0 spiro atoms. The number of hydrogen-bond acceptors (Lipinski definition) is 6. The molecule has 4 aromatic rings. The van der Waals surface area contributed by atoms with Gasteiger partial charge in [0.15, 0.2) is 17.0 Å². The summed E-state index contributed by atoms with van der Waals surface area (Å²) in [6, 6.07) is 9.40. The molecule has 152 valence electrons. The number of imidazole rings is 1. The molecule has 3 aromatic heterocycles. The maximum atomic E-state index is 12.2. The average molecular weight is 439 g/mol. The Morgan fingerprint density at radius 2 is 1.83 bits per heavy atom. The molecule has 0 saturated heterocycles. The second-order valence-electron chi connectivity index (χ2n) is 7.22. The van der Waals surface area contributed by atoms with Crippen molar-refractivity contribution in [3.8, 4) is 0 Å². The van der Waals surface area contributed by atoms with Crippen LogP contribution in [0.5, 0.6) is 0 Å². The van der Waals surface area contributed by atoms with Crippen molar-refractivity contribution >= 4 is 59.0 Å². The molecule has 0 fully saturated rings. The van der Waals surface area contributed by atoms with E-state index in [0.29, 0.717) is 22.1 Å². The second-order valence-corrected chi connectivity index (χ2v) is 10.8. The Morgan fingerprint density at radius 1 is 1.07 bits per heavy atom. The van der Waals surface area contributed by atoms with E-state index in [0.717, 1.165) is 22.1 Å². The van der Waals surface area contributed by atoms with Crippen molar-refractivity contribution in [3.63, 3.8) is 0 Å². The quantitative estimate of drug-likeness (QED) is 0.356. The first-order valence-electron chi connectivity index (χ1n) is 9.22. The maximum Gasteiger partial charge on any atom is 0.169 e. The fourth-order valence-electron chi connectivity index (χ4n) is 2.98. The summed E-state index contributed by atoms with van der Waals surface area (Å²) >= 11 is 6.20. The number of hydrogen-bond donors (Lipinski definition) is 1. The summed E-state index contributed by atoms with van der Waals surface area (Å²) in [4.78, 5) is 17.3. The van der Waals surface area contributed by atoms with Crippen LogP contribution >= 0.6 is 18.7 Å². The van der Waals surface area contributed by atoms with E-state index in [2.05, 4.69) is 25.3 Å². The van der Waals surface area contributed by atoms with Crippen molar-refractivity contribution in [2.75, 3.05) is 18.6 Å². The predicted molar refractivity (Wildman–Crippen MR) is 123 cm³/mol. The second kappa shape index (κ2) is 8.01. The van der Waals surface area contributed by atoms with Crippen molar-refractivity contribution in [2.45, 2.75) is 6.92 Å². The molecule has 7 nitrogen and oxygen atoms in total. The number of aryl methyl sites for hydroxylation is 1. The first-order valence-corrected chi connectivity index (χ1v) is 12.2. The Balaban J connectivity index is 1.64. The number of nitrogens with one attached hydrogen (secondary N) is 1. The molecular weight excluding hydrogens is 419 g/mol. The lowest BCUT2D eigenvalue weighted by molar-refractivity contribution is 0.588. The number of fused-ring (bicyclic) bond motifs is 1. The summed E-state index contributed by atoms with van der Waals surface area (Å²) in [6.45, 7) is 5.48. The predicted octanol–water partition coefficient (Wildman–Crippen LogP) is 4.80. The Kier molecular flexibility index (Phi) is 5.41. The molecule has 0 saturated carbocycles. The van der Waals surface area contributed by atoms with Gasteiger partial charge in [-0.3, -0.25) is 4.57 Å². The van der Waals surface area contributed by atoms with Crippen molar-refractivity contribution in [3.05, 3.63) is 65.5 Å². The molecule has 0 unspecified atom stereocenters. The standard InChI is InChI=1S/C21H20ClN6OP/c1-14-8-10-23-19(22)17(14)9-11-28-13-26-18-20(24-12-25-21(18)28)27-15-4-6-16(7-5-15)30(2,3)29/h4-13H,1-3H3,(H,24,25,27)/b11-9+. The minimum absolute atomic E-state index is 0.444. The number of pyridine rings is 1. The number of aromatic nitrogens is 5. The fourth-order valence-corrected chi connectivity index (χ4v) is 4.12. The third-order valence-corrected chi connectivity index (χ3v) is 6.51. The Bertz CT molecular complexity index is 1270. The van der Waals surface area contributed by atoms with Gasteiger partial charge in [0.2, 0.25) is 0 Å². The van der Waals surface area contributed by atoms with Gasteiger partial charge in [-0.05, 0) is 62.2 Å². The van der Waals surface area contributed by atoms with E-state index in [1.807, 2.05) is 49.5 Å². The number of halogens is 1. The van der Waals surface area contributed by atoms with Crippen LogP contribution in [0.1, 0.15) is 11.1 Å². The molecule has 0 aliphatic carbocycles. The number of anilines is 2. The van der Waals surface area contributed by atoms with Crippen LogP contribution in [0.4, 0.5) is 11.5 Å². The summed E-state index contributed by atoms with van der Waals surface area (Å²) in [6.07, 6.45) is 8.57. The van der Waals surface area contributed by atoms with Gasteiger partial charge >= 0.3 is 0 Å². The lowest BCUT2D eigenvalue weighted by atomic mass is 10.1. The minimum atomic E-state index is -2.29. The molecule has 0 radical (unpaired) electrons. The molecule has 30 heavy (non-hydrogen) atoms. The largest absolute Gasteiger partial charge is 0.338 e. The Hall–Kier alpha value is -3.02. The van der Waals surface area contributed by atoms with E-state index in [1.54, 1.807) is 30.4 Å². The summed E-state index contributed by atoms with van der Waals surface area (Å²) in [7, 11) is -2.29. The zero-order valence-corrected chi connectivity index (χ0v) is 18.4. The van der Waals surface area contributed by atoms with Crippen LogP contribution in [0, 0.1) is 6.92 Å². The van der Waals surface area contributed by atoms with Gasteiger partial charge in [0.25, 0.3) is 0 Å². The van der Waals surface area contributed by atoms with E-state index in [4.69, 9.17) is 11.6 Å². The summed E-state index contributed by atoms with van der Waals surface area (Å²) in [5.41, 5.74) is 3.99. The van der Waals surface area contributed by atoms with Crippen molar-refractivity contribution in [1.82, 2.24) is 24.5 Å². The molecule has 9 heteroatoms. The zero-order valence-electron chi connectivity index (χ0n) is 16.7. The van der Waals surface area contributed by atoms with Gasteiger partial charge in [0.1, 0.15) is 24.9 Å². The fraction of sp³-hybridized carbons (Fsp3) is 0.143. The lowest BCUT2D eigenvalue weighted by Gasteiger charge is -2.09. The summed E-state index contributed by atoms with van der Waals surface area (Å²) in [5, 5.41) is 4.54. The van der Waals surface area contributed by atoms with Gasteiger partial charge in [-0.1, -0.05) is 11.6 Å². The summed E-state index contributed by atoms with van der Waals surface area (Å²) < 4.78 is 14.0. The van der Waals surface area contributed by atoms with E-state index >= 15 is 0 Å². The van der Waals surface area contributed by atoms with E-state index in [-0.39, 0.29) is 0 Å². The van der Waals surface area contributed by atoms with Crippen LogP contribution in [0.2, 0.25) is 5.15 Å². The zero-order chi connectivity index (χ0) is 21.3. The molecule has 0 atom stereocenters. The SMILES string of the molecule is Cc1ccnc(Cl)c1/C=C/n1cnc2c(Nc3ccc(P(C)(C)=O)cc3)ncnc21. The van der Waals surface area contributed by atoms with Crippen molar-refractivity contribution in [1.29, 1.82) is 0 Å². The molecule has 4 rings (SSSR count). The normalized spacial score (nSPS) is 12.0. The lowest BCUT2D eigenvalue weighted by Crippen LogP contribution is -2.03. The highest BCUT2D eigenvalue weighted by Crippen LogP contribution is 2.35. The van der Waals surface area contributed by atoms with Gasteiger partial charge in [-0.25, -0.2) is 19.9 Å². The number of nitrogens with zero attached hydrogens (tertiary/aromatic N) is 5. The Morgan fingerprint density at radius 3 is 2.53 bits per heavy atom. The summed E-state index contributed by atoms with van der Waals surface area (Å²) in [5.74, 6) is 0.590. The topological polar surface area (TPSA) is 85.6 Å². The number of rotatable bonds is 5. The van der Waals surface area contributed by atoms with Crippen LogP contribution in [-0.2, 0) is 4.57 Å². The number of benzene rings is 1. The van der Waals surface area contributed by atoms with Crippen LogP contribution in [0.15, 0.2) is 49.2 Å². The molecule has 3 heterocycles. The molecule has 0 amide bonds. The smallest absolute Gasteiger partial charge is 0.169 e. The van der Waals surface area contributed by atoms with Gasteiger partial charge in [-0.15, -0.1) is 0 Å². The maximum absolute atomic E-state index is 12.2. The van der Waals surface area contributed by atoms with Crippen LogP contribution in [0.3, 0.4) is 0 Å². The average Bonchev–Trinajstić information content (AvgIpc) is 3.12. The van der Waals surface area contributed by atoms with Gasteiger partial charge < -0.3 is 9.88 Å². The van der Waals surface area contributed by atoms with Gasteiger partial charge in [0, 0.05) is 29.0 Å². The van der Waals surface area contributed by atoms with Crippen LogP contribution in [-0.4, -0.2) is 37.8 Å². The van der Waals surface area contributed by atoms with E-state index < -0.39 is 7.14 Å². The monoisotopic (exact) mass is 438 g/mol. The Labute approximate surface area is 179 Å². The van der Waals surface area contributed by atoms with Gasteiger partial charge in [-0.2, -0.15) is 0 Å². The van der Waals surface area contributed by atoms with Crippen LogP contribution < -0.4 is 10.6 Å². The third kappa shape index (κ3) is 4.13. The molecule has 1 aromatic carbocycles. The highest BCUT2D eigenvalue weighted by Gasteiger charge is 2.12. The van der Waals surface area contributed by atoms with E-state index in [1.165, 1.54) is 6.33 Å². The first kappa shape index (κ1) is 20.3. The van der Waals surface area contributed by atoms with Crippen LogP contribution in [0.25, 0.3) is 23.4 Å². The van der Waals surface area contributed by atoms with Gasteiger partial charge in [0.05, 0.1) is 0 Å². The van der Waals surface area contributed by atoms with Crippen molar-refractivity contribution in [2.24, 2.45) is 0 Å². The third-order valence-electron chi connectivity index (χ3n) is 4.67. The highest BCUT2D eigenvalue weighted by atomic mass is 35.5. The van der Waals surface area contributed by atoms with Crippen molar-refractivity contribution < 1.29 is 4.57 Å². The minimum Gasteiger partial charge on any atom is -0.338 e. The highest BCUT2D eigenvalue weighted by molar-refractivity contribution is 7.70. The molecule has 0 aliphatic heterocycles. The first-order chi connectivity index (χ1) is 14.3. The van der Waals surface area contributed by atoms with E-state index in [9.17, 15) is 4.57 Å². The molecule has 0 bridgehead atoms. The molecular formula is C21H20ClN6OP. The molecule has 0 aliphatic rings.